The average Bonchev–Trinajstić information content (AvgIpc) is 3.05. The van der Waals surface area contributed by atoms with E-state index in [0.29, 0.717) is 10.8 Å². The summed E-state index contributed by atoms with van der Waals surface area (Å²) in [5.41, 5.74) is 5.10. The number of likely N-dealkylation sites (tertiary alicyclic amines) is 1. The first-order chi connectivity index (χ1) is 10.2. The molecule has 0 atom stereocenters. The van der Waals surface area contributed by atoms with Gasteiger partial charge in [-0.3, -0.25) is 0 Å². The molecular formula is C17H21BN3. The molecule has 2 aromatic heterocycles. The molecule has 1 saturated heterocycles. The van der Waals surface area contributed by atoms with Crippen LogP contribution in [-0.4, -0.2) is 42.3 Å². The van der Waals surface area contributed by atoms with Crippen LogP contribution in [-0.2, 0) is 5.41 Å². The van der Waals surface area contributed by atoms with E-state index in [0.717, 1.165) is 5.65 Å². The molecule has 3 aliphatic rings. The summed E-state index contributed by atoms with van der Waals surface area (Å²) < 4.78 is 0. The number of aromatic nitrogens is 2. The first-order valence-electron chi connectivity index (χ1n) is 8.18. The van der Waals surface area contributed by atoms with Gasteiger partial charge >= 0.3 is 0 Å². The summed E-state index contributed by atoms with van der Waals surface area (Å²) in [5, 5.41) is 1.36. The molecule has 0 bridgehead atoms. The summed E-state index contributed by atoms with van der Waals surface area (Å²) in [6.45, 7) is 2.63. The summed E-state index contributed by atoms with van der Waals surface area (Å²) in [4.78, 5) is 10.3. The highest BCUT2D eigenvalue weighted by atomic mass is 15.2. The Morgan fingerprint density at radius 2 is 2.05 bits per heavy atom. The third-order valence-electron chi connectivity index (χ3n) is 6.34. The first kappa shape index (κ1) is 12.3. The molecule has 0 unspecified atom stereocenters. The van der Waals surface area contributed by atoms with Gasteiger partial charge in [0.1, 0.15) is 5.65 Å². The number of fused-ring (bicyclic) bond motifs is 4. The molecule has 4 heterocycles. The molecule has 5 rings (SSSR count). The molecule has 0 amide bonds. The van der Waals surface area contributed by atoms with Crippen LogP contribution in [0, 0.1) is 5.41 Å². The predicted octanol–water partition coefficient (Wildman–Crippen LogP) is 2.07. The average molecular weight is 278 g/mol. The van der Waals surface area contributed by atoms with Gasteiger partial charge in [0.2, 0.25) is 0 Å². The maximum Gasteiger partial charge on any atom is 0.155 e. The number of nitrogens with one attached hydrogen (secondary N) is 1. The van der Waals surface area contributed by atoms with Crippen LogP contribution in [0.1, 0.15) is 31.2 Å². The molecule has 1 saturated carbocycles. The summed E-state index contributed by atoms with van der Waals surface area (Å²) >= 11 is 0. The Balaban J connectivity index is 1.54. The van der Waals surface area contributed by atoms with Crippen LogP contribution < -0.4 is 5.46 Å². The number of hydrogen-bond acceptors (Lipinski definition) is 2. The highest BCUT2D eigenvalue weighted by Gasteiger charge is 2.50. The Kier molecular flexibility index (Phi) is 2.29. The smallest absolute Gasteiger partial charge is 0.155 e. The second kappa shape index (κ2) is 3.92. The van der Waals surface area contributed by atoms with Crippen LogP contribution in [0.4, 0.5) is 0 Å². The minimum Gasteiger partial charge on any atom is -0.346 e. The van der Waals surface area contributed by atoms with Gasteiger partial charge in [-0.2, -0.15) is 0 Å². The molecule has 2 aromatic rings. The van der Waals surface area contributed by atoms with Gasteiger partial charge in [0.15, 0.2) is 7.28 Å². The maximum absolute atomic E-state index is 4.56. The Labute approximate surface area is 126 Å². The molecule has 0 aromatic carbocycles. The fourth-order valence-electron chi connectivity index (χ4n) is 5.31. The lowest BCUT2D eigenvalue weighted by molar-refractivity contribution is -0.0245. The molecule has 1 aliphatic carbocycles. The summed E-state index contributed by atoms with van der Waals surface area (Å²) in [7, 11) is 4.68. The number of aromatic amines is 1. The van der Waals surface area contributed by atoms with Crippen molar-refractivity contribution in [2.75, 3.05) is 20.1 Å². The number of pyridine rings is 1. The Morgan fingerprint density at radius 3 is 2.81 bits per heavy atom. The van der Waals surface area contributed by atoms with E-state index in [1.54, 1.807) is 5.56 Å². The van der Waals surface area contributed by atoms with E-state index < -0.39 is 0 Å². The van der Waals surface area contributed by atoms with E-state index in [2.05, 4.69) is 41.5 Å². The molecule has 3 nitrogen and oxygen atoms in total. The van der Waals surface area contributed by atoms with Gasteiger partial charge in [-0.05, 0) is 55.2 Å². The zero-order chi connectivity index (χ0) is 14.1. The number of rotatable bonds is 0. The molecule has 107 valence electrons. The molecule has 4 heteroatoms. The Hall–Kier alpha value is -1.29. The highest BCUT2D eigenvalue weighted by molar-refractivity contribution is 6.56. The van der Waals surface area contributed by atoms with Gasteiger partial charge in [0, 0.05) is 30.9 Å². The molecule has 21 heavy (non-hydrogen) atoms. The maximum atomic E-state index is 4.56. The van der Waals surface area contributed by atoms with Crippen LogP contribution in [0.3, 0.4) is 0 Å². The minimum absolute atomic E-state index is 0.401. The monoisotopic (exact) mass is 278 g/mol. The van der Waals surface area contributed by atoms with Crippen LogP contribution in [0.15, 0.2) is 18.5 Å². The molecule has 2 fully saturated rings. The number of nitrogens with zero attached hydrogens (tertiary/aromatic N) is 2. The van der Waals surface area contributed by atoms with Crippen molar-refractivity contribution in [3.05, 3.63) is 24.0 Å². The summed E-state index contributed by atoms with van der Waals surface area (Å²) in [6.07, 6.45) is 10.8. The van der Waals surface area contributed by atoms with Crippen molar-refractivity contribution in [2.24, 2.45) is 5.41 Å². The van der Waals surface area contributed by atoms with E-state index in [1.807, 2.05) is 6.20 Å². The van der Waals surface area contributed by atoms with Gasteiger partial charge in [-0.1, -0.05) is 11.8 Å². The van der Waals surface area contributed by atoms with Crippen LogP contribution in [0.2, 0.25) is 6.32 Å². The zero-order valence-electron chi connectivity index (χ0n) is 12.7. The lowest BCUT2D eigenvalue weighted by atomic mass is 9.57. The molecule has 1 N–H and O–H groups in total. The van der Waals surface area contributed by atoms with E-state index in [9.17, 15) is 0 Å². The number of hydrogen-bond donors (Lipinski definition) is 1. The third kappa shape index (κ3) is 1.57. The zero-order valence-corrected chi connectivity index (χ0v) is 12.7. The van der Waals surface area contributed by atoms with Crippen molar-refractivity contribution in [2.45, 2.75) is 37.4 Å². The normalized spacial score (nSPS) is 26.0. The second-order valence-corrected chi connectivity index (χ2v) is 7.69. The highest BCUT2D eigenvalue weighted by Crippen LogP contribution is 2.54. The van der Waals surface area contributed by atoms with Gasteiger partial charge in [0.05, 0.1) is 0 Å². The summed E-state index contributed by atoms with van der Waals surface area (Å²) in [6, 6.07) is 2.23. The summed E-state index contributed by atoms with van der Waals surface area (Å²) in [5.74, 6) is 0. The van der Waals surface area contributed by atoms with E-state index >= 15 is 0 Å². The van der Waals surface area contributed by atoms with Crippen molar-refractivity contribution in [1.29, 1.82) is 0 Å². The van der Waals surface area contributed by atoms with Crippen molar-refractivity contribution >= 4 is 23.8 Å². The van der Waals surface area contributed by atoms with Gasteiger partial charge < -0.3 is 9.88 Å². The molecule has 1 radical (unpaired) electrons. The van der Waals surface area contributed by atoms with Crippen molar-refractivity contribution in [1.82, 2.24) is 14.9 Å². The third-order valence-corrected chi connectivity index (χ3v) is 6.34. The Bertz CT molecular complexity index is 704. The first-order valence-corrected chi connectivity index (χ1v) is 8.18. The van der Waals surface area contributed by atoms with Crippen LogP contribution >= 0.6 is 0 Å². The van der Waals surface area contributed by atoms with Crippen LogP contribution in [0.25, 0.3) is 11.0 Å². The topological polar surface area (TPSA) is 31.9 Å². The van der Waals surface area contributed by atoms with Gasteiger partial charge in [0.25, 0.3) is 0 Å². The fraction of sp³-hybridized carbons (Fsp3) is 0.588. The van der Waals surface area contributed by atoms with Crippen molar-refractivity contribution in [3.8, 4) is 0 Å². The lowest BCUT2D eigenvalue weighted by Crippen LogP contribution is -2.56. The predicted molar refractivity (Wildman–Crippen MR) is 86.4 cm³/mol. The largest absolute Gasteiger partial charge is 0.346 e. The molecular weight excluding hydrogens is 257 g/mol. The molecule has 2 spiro atoms. The Morgan fingerprint density at radius 1 is 1.24 bits per heavy atom. The van der Waals surface area contributed by atoms with Crippen molar-refractivity contribution in [3.63, 3.8) is 0 Å². The second-order valence-electron chi connectivity index (χ2n) is 7.69. The van der Waals surface area contributed by atoms with E-state index in [1.165, 1.54) is 55.9 Å². The lowest BCUT2D eigenvalue weighted by Gasteiger charge is -2.55. The van der Waals surface area contributed by atoms with E-state index in [-0.39, 0.29) is 0 Å². The minimum atomic E-state index is 0.401. The quantitative estimate of drug-likeness (QED) is 0.748. The fourth-order valence-corrected chi connectivity index (χ4v) is 5.31. The van der Waals surface area contributed by atoms with E-state index in [4.69, 9.17) is 0 Å². The van der Waals surface area contributed by atoms with Crippen molar-refractivity contribution < 1.29 is 0 Å². The standard InChI is InChI=1S/C17H21BN3/c1-21-10-16(11-21)3-5-17(6-4-16)9-18-13-8-20-15-12(14(13)17)2-7-19-15/h2,7-8H,3-6,9-11H2,1H3,(H,19,20). The molecule has 2 aliphatic heterocycles. The van der Waals surface area contributed by atoms with Gasteiger partial charge in [-0.25, -0.2) is 4.98 Å². The SMILES string of the molecule is CN1CC2(CCC3(C[B]c4cnc5[nH]ccc5c43)CC2)C1. The van der Waals surface area contributed by atoms with Gasteiger partial charge in [-0.15, -0.1) is 0 Å². The van der Waals surface area contributed by atoms with Crippen LogP contribution in [0.5, 0.6) is 0 Å². The number of H-pyrrole nitrogens is 1.